The number of alkyl halides is 3. The number of aromatic nitrogens is 1. The van der Waals surface area contributed by atoms with Crippen LogP contribution >= 0.6 is 0 Å². The van der Waals surface area contributed by atoms with Gasteiger partial charge in [0.15, 0.2) is 0 Å². The summed E-state index contributed by atoms with van der Waals surface area (Å²) in [4.78, 5) is 13.4. The summed E-state index contributed by atoms with van der Waals surface area (Å²) in [7, 11) is 0. The molecular formula is C12H11F3N2O2. The number of carbonyl (C=O) groups is 1. The number of aromatic amines is 1. The average Bonchev–Trinajstić information content (AvgIpc) is 2.71. The first-order chi connectivity index (χ1) is 8.80. The van der Waals surface area contributed by atoms with Gasteiger partial charge in [0.05, 0.1) is 5.56 Å². The van der Waals surface area contributed by atoms with Crippen LogP contribution in [0.15, 0.2) is 24.4 Å². The minimum Gasteiger partial charge on any atom is -0.480 e. The zero-order chi connectivity index (χ0) is 14.2. The molecule has 4 N–H and O–H groups in total. The van der Waals surface area contributed by atoms with Gasteiger partial charge < -0.3 is 15.8 Å². The third-order valence-corrected chi connectivity index (χ3v) is 2.85. The van der Waals surface area contributed by atoms with Crippen LogP contribution in [0.3, 0.4) is 0 Å². The highest BCUT2D eigenvalue weighted by atomic mass is 19.4. The normalized spacial score (nSPS) is 13.7. The van der Waals surface area contributed by atoms with Crippen LogP contribution in [0, 0.1) is 0 Å². The van der Waals surface area contributed by atoms with Crippen molar-refractivity contribution < 1.29 is 23.1 Å². The summed E-state index contributed by atoms with van der Waals surface area (Å²) in [6, 6.07) is 2.52. The molecule has 102 valence electrons. The van der Waals surface area contributed by atoms with E-state index in [1.54, 1.807) is 0 Å². The lowest BCUT2D eigenvalue weighted by molar-refractivity contribution is -0.138. The molecule has 19 heavy (non-hydrogen) atoms. The molecule has 2 aromatic rings. The molecule has 1 heterocycles. The summed E-state index contributed by atoms with van der Waals surface area (Å²) in [5.74, 6) is -1.25. The fraction of sp³-hybridized carbons (Fsp3) is 0.250. The van der Waals surface area contributed by atoms with Gasteiger partial charge in [-0.25, -0.2) is 0 Å². The van der Waals surface area contributed by atoms with Crippen molar-refractivity contribution in [2.75, 3.05) is 0 Å². The Labute approximate surface area is 106 Å². The number of hydrogen-bond donors (Lipinski definition) is 3. The van der Waals surface area contributed by atoms with Gasteiger partial charge in [-0.2, -0.15) is 13.2 Å². The van der Waals surface area contributed by atoms with Crippen LogP contribution in [0.25, 0.3) is 10.9 Å². The van der Waals surface area contributed by atoms with Gasteiger partial charge in [0.1, 0.15) is 6.04 Å². The number of carboxylic acids is 1. The highest BCUT2D eigenvalue weighted by molar-refractivity contribution is 5.88. The van der Waals surface area contributed by atoms with Gasteiger partial charge in [0, 0.05) is 23.5 Å². The van der Waals surface area contributed by atoms with Crippen LogP contribution in [0.4, 0.5) is 13.2 Å². The minimum absolute atomic E-state index is 0.0216. The molecule has 1 atom stereocenters. The fourth-order valence-corrected chi connectivity index (χ4v) is 1.98. The van der Waals surface area contributed by atoms with Gasteiger partial charge in [-0.1, -0.05) is 6.07 Å². The molecule has 0 aliphatic heterocycles. The smallest absolute Gasteiger partial charge is 0.417 e. The van der Waals surface area contributed by atoms with Crippen LogP contribution in [0.2, 0.25) is 0 Å². The Morgan fingerprint density at radius 3 is 2.68 bits per heavy atom. The zero-order valence-electron chi connectivity index (χ0n) is 9.66. The van der Waals surface area contributed by atoms with E-state index in [-0.39, 0.29) is 17.4 Å². The molecule has 0 bridgehead atoms. The molecule has 0 amide bonds. The van der Waals surface area contributed by atoms with E-state index < -0.39 is 23.8 Å². The van der Waals surface area contributed by atoms with Crippen molar-refractivity contribution >= 4 is 16.9 Å². The molecule has 1 aromatic heterocycles. The van der Waals surface area contributed by atoms with Crippen molar-refractivity contribution in [3.8, 4) is 0 Å². The number of hydrogen-bond acceptors (Lipinski definition) is 2. The molecule has 4 nitrogen and oxygen atoms in total. The molecule has 0 spiro atoms. The van der Waals surface area contributed by atoms with Crippen molar-refractivity contribution in [1.82, 2.24) is 4.98 Å². The second-order valence-corrected chi connectivity index (χ2v) is 4.19. The minimum atomic E-state index is -4.50. The second-order valence-electron chi connectivity index (χ2n) is 4.19. The molecular weight excluding hydrogens is 261 g/mol. The average molecular weight is 272 g/mol. The fourth-order valence-electron chi connectivity index (χ4n) is 1.98. The van der Waals surface area contributed by atoms with Crippen LogP contribution in [-0.2, 0) is 17.4 Å². The summed E-state index contributed by atoms with van der Waals surface area (Å²) in [5, 5.41) is 8.70. The number of fused-ring (bicyclic) bond motifs is 1. The summed E-state index contributed by atoms with van der Waals surface area (Å²) in [6.07, 6.45) is -3.30. The largest absolute Gasteiger partial charge is 0.480 e. The molecule has 1 aromatic carbocycles. The Morgan fingerprint density at radius 2 is 2.11 bits per heavy atom. The zero-order valence-corrected chi connectivity index (χ0v) is 9.66. The Balaban J connectivity index is 2.54. The first kappa shape index (κ1) is 13.4. The lowest BCUT2D eigenvalue weighted by atomic mass is 10.0. The number of H-pyrrole nitrogens is 1. The van der Waals surface area contributed by atoms with Crippen molar-refractivity contribution in [2.24, 2.45) is 5.73 Å². The summed E-state index contributed by atoms with van der Waals surface area (Å²) >= 11 is 0. The number of carboxylic acid groups (broad SMARTS) is 1. The molecule has 0 aliphatic carbocycles. The maximum absolute atomic E-state index is 12.9. The Hall–Kier alpha value is -2.02. The van der Waals surface area contributed by atoms with E-state index in [0.29, 0.717) is 5.52 Å². The number of nitrogens with one attached hydrogen (secondary N) is 1. The van der Waals surface area contributed by atoms with Gasteiger partial charge in [-0.05, 0) is 17.7 Å². The van der Waals surface area contributed by atoms with Crippen molar-refractivity contribution in [3.63, 3.8) is 0 Å². The molecule has 0 radical (unpaired) electrons. The highest BCUT2D eigenvalue weighted by Crippen LogP contribution is 2.36. The van der Waals surface area contributed by atoms with Gasteiger partial charge in [0.25, 0.3) is 0 Å². The van der Waals surface area contributed by atoms with E-state index in [2.05, 4.69) is 4.98 Å². The van der Waals surface area contributed by atoms with Gasteiger partial charge >= 0.3 is 12.1 Å². The van der Waals surface area contributed by atoms with Crippen molar-refractivity contribution in [2.45, 2.75) is 18.6 Å². The summed E-state index contributed by atoms with van der Waals surface area (Å²) in [5.41, 5.74) is 5.13. The Bertz CT molecular complexity index is 619. The van der Waals surface area contributed by atoms with Gasteiger partial charge in [-0.15, -0.1) is 0 Å². The molecule has 0 aliphatic rings. The van der Waals surface area contributed by atoms with Crippen LogP contribution < -0.4 is 5.73 Å². The Kier molecular flexibility index (Phi) is 3.23. The van der Waals surface area contributed by atoms with Gasteiger partial charge in [-0.3, -0.25) is 4.79 Å². The quantitative estimate of drug-likeness (QED) is 0.801. The third-order valence-electron chi connectivity index (χ3n) is 2.85. The molecule has 0 saturated heterocycles. The van der Waals surface area contributed by atoms with Crippen molar-refractivity contribution in [1.29, 1.82) is 0 Å². The summed E-state index contributed by atoms with van der Waals surface area (Å²) < 4.78 is 38.7. The van der Waals surface area contributed by atoms with Gasteiger partial charge in [0.2, 0.25) is 0 Å². The lowest BCUT2D eigenvalue weighted by Gasteiger charge is -2.11. The van der Waals surface area contributed by atoms with E-state index in [1.807, 2.05) is 0 Å². The SMILES string of the molecule is NC(Cc1c[nH]c2cccc(C(F)(F)F)c12)C(=O)O. The second kappa shape index (κ2) is 4.58. The van der Waals surface area contributed by atoms with E-state index in [4.69, 9.17) is 10.8 Å². The monoisotopic (exact) mass is 272 g/mol. The molecule has 0 fully saturated rings. The molecule has 0 saturated carbocycles. The topological polar surface area (TPSA) is 79.1 Å². The van der Waals surface area contributed by atoms with Crippen LogP contribution in [-0.4, -0.2) is 22.1 Å². The highest BCUT2D eigenvalue weighted by Gasteiger charge is 2.33. The Morgan fingerprint density at radius 1 is 1.42 bits per heavy atom. The first-order valence-electron chi connectivity index (χ1n) is 5.45. The summed E-state index contributed by atoms with van der Waals surface area (Å²) in [6.45, 7) is 0. The van der Waals surface area contributed by atoms with E-state index >= 15 is 0 Å². The standard InChI is InChI=1S/C12H11F3N2O2/c13-12(14,15)7-2-1-3-9-10(7)6(5-17-9)4-8(16)11(18)19/h1-3,5,8,17H,4,16H2,(H,18,19). The maximum Gasteiger partial charge on any atom is 0.417 e. The van der Waals surface area contributed by atoms with E-state index in [0.717, 1.165) is 6.07 Å². The van der Waals surface area contributed by atoms with E-state index in [9.17, 15) is 18.0 Å². The number of nitrogens with two attached hydrogens (primary N) is 1. The number of benzene rings is 1. The molecule has 1 unspecified atom stereocenters. The lowest BCUT2D eigenvalue weighted by Crippen LogP contribution is -2.32. The predicted molar refractivity (Wildman–Crippen MR) is 62.6 cm³/mol. The molecule has 7 heteroatoms. The van der Waals surface area contributed by atoms with Crippen LogP contribution in [0.5, 0.6) is 0 Å². The number of rotatable bonds is 3. The number of halogens is 3. The molecule has 2 rings (SSSR count). The number of aliphatic carboxylic acids is 1. The van der Waals surface area contributed by atoms with Crippen molar-refractivity contribution in [3.05, 3.63) is 35.5 Å². The third kappa shape index (κ3) is 2.55. The van der Waals surface area contributed by atoms with Crippen LogP contribution in [0.1, 0.15) is 11.1 Å². The maximum atomic E-state index is 12.9. The predicted octanol–water partition coefficient (Wildman–Crippen LogP) is 2.14. The van der Waals surface area contributed by atoms with E-state index in [1.165, 1.54) is 18.3 Å². The first-order valence-corrected chi connectivity index (χ1v) is 5.45.